The summed E-state index contributed by atoms with van der Waals surface area (Å²) in [7, 11) is 0. The van der Waals surface area contributed by atoms with Gasteiger partial charge >= 0.3 is 5.88 Å². The van der Waals surface area contributed by atoms with Crippen molar-refractivity contribution >= 4 is 23.9 Å². The quantitative estimate of drug-likeness (QED) is 0.477. The molecular weight excluding hydrogens is 274 g/mol. The Labute approximate surface area is 120 Å². The highest BCUT2D eigenvalue weighted by atomic mass is 16.6. The van der Waals surface area contributed by atoms with Gasteiger partial charge in [0, 0.05) is 0 Å². The zero-order valence-corrected chi connectivity index (χ0v) is 11.5. The van der Waals surface area contributed by atoms with Crippen molar-refractivity contribution in [1.82, 2.24) is 0 Å². The fraction of sp³-hybridized carbons (Fsp3) is 0.143. The summed E-state index contributed by atoms with van der Waals surface area (Å²) in [6, 6.07) is 6.43. The van der Waals surface area contributed by atoms with Crippen molar-refractivity contribution in [2.24, 2.45) is 10.2 Å². The zero-order valence-electron chi connectivity index (χ0n) is 11.5. The van der Waals surface area contributed by atoms with Gasteiger partial charge in [0.15, 0.2) is 0 Å². The van der Waals surface area contributed by atoms with E-state index >= 15 is 0 Å². The van der Waals surface area contributed by atoms with Crippen LogP contribution in [0.5, 0.6) is 0 Å². The van der Waals surface area contributed by atoms with E-state index < -0.39 is 4.92 Å². The minimum atomic E-state index is -0.589. The molecule has 0 bridgehead atoms. The molecule has 2 rings (SSSR count). The van der Waals surface area contributed by atoms with E-state index in [1.807, 2.05) is 13.0 Å². The lowest BCUT2D eigenvalue weighted by atomic mass is 10.3. The van der Waals surface area contributed by atoms with Crippen molar-refractivity contribution in [3.05, 3.63) is 57.7 Å². The molecule has 0 radical (unpaired) electrons. The van der Waals surface area contributed by atoms with Crippen LogP contribution in [0.3, 0.4) is 0 Å². The highest BCUT2D eigenvalue weighted by Gasteiger charge is 2.09. The molecule has 2 aromatic heterocycles. The Morgan fingerprint density at radius 1 is 1.24 bits per heavy atom. The van der Waals surface area contributed by atoms with Crippen LogP contribution < -0.4 is 0 Å². The molecule has 0 spiro atoms. The lowest BCUT2D eigenvalue weighted by Crippen LogP contribution is -1.83. The average Bonchev–Trinajstić information content (AvgIpc) is 3.05. The van der Waals surface area contributed by atoms with Crippen molar-refractivity contribution in [3.8, 4) is 0 Å². The van der Waals surface area contributed by atoms with Crippen LogP contribution in [0.25, 0.3) is 6.08 Å². The van der Waals surface area contributed by atoms with E-state index in [-0.39, 0.29) is 5.88 Å². The van der Waals surface area contributed by atoms with Gasteiger partial charge in [-0.3, -0.25) is 10.1 Å². The highest BCUT2D eigenvalue weighted by molar-refractivity contribution is 5.96. The van der Waals surface area contributed by atoms with Crippen LogP contribution in [0, 0.1) is 17.0 Å². The Morgan fingerprint density at radius 3 is 2.62 bits per heavy atom. The Hall–Kier alpha value is -2.96. The minimum Gasteiger partial charge on any atom is -0.460 e. The molecule has 2 heterocycles. The SMILES string of the molecule is CC(/C=C/c1ccc([N+](=O)[O-])o1)=N\N=C\c1ccc(C)o1. The van der Waals surface area contributed by atoms with Crippen LogP contribution >= 0.6 is 0 Å². The minimum absolute atomic E-state index is 0.296. The molecule has 7 heteroatoms. The van der Waals surface area contributed by atoms with Crippen molar-refractivity contribution in [3.63, 3.8) is 0 Å². The van der Waals surface area contributed by atoms with Gasteiger partial charge in [0.1, 0.15) is 22.2 Å². The predicted octanol–water partition coefficient (Wildman–Crippen LogP) is 3.60. The van der Waals surface area contributed by atoms with Gasteiger partial charge in [-0.05, 0) is 44.2 Å². The summed E-state index contributed by atoms with van der Waals surface area (Å²) in [6.07, 6.45) is 4.73. The average molecular weight is 287 g/mol. The second kappa shape index (κ2) is 6.47. The molecule has 108 valence electrons. The molecule has 0 amide bonds. The van der Waals surface area contributed by atoms with E-state index in [4.69, 9.17) is 8.83 Å². The van der Waals surface area contributed by atoms with Crippen LogP contribution in [0.1, 0.15) is 24.2 Å². The van der Waals surface area contributed by atoms with Gasteiger partial charge in [-0.15, -0.1) is 0 Å². The molecule has 21 heavy (non-hydrogen) atoms. The second-order valence-electron chi connectivity index (χ2n) is 4.20. The van der Waals surface area contributed by atoms with Crippen molar-refractivity contribution in [1.29, 1.82) is 0 Å². The molecule has 0 aliphatic rings. The highest BCUT2D eigenvalue weighted by Crippen LogP contribution is 2.16. The Bertz CT molecular complexity index is 722. The number of rotatable bonds is 5. The van der Waals surface area contributed by atoms with E-state index in [0.717, 1.165) is 5.76 Å². The third-order valence-corrected chi connectivity index (χ3v) is 2.44. The predicted molar refractivity (Wildman–Crippen MR) is 78.5 cm³/mol. The topological polar surface area (TPSA) is 94.1 Å². The number of hydrogen-bond acceptors (Lipinski definition) is 6. The molecule has 0 unspecified atom stereocenters. The van der Waals surface area contributed by atoms with E-state index in [1.54, 1.807) is 25.1 Å². The first-order valence-corrected chi connectivity index (χ1v) is 6.11. The standard InChI is InChI=1S/C14H13N3O4/c1-10(16-15-9-13-6-4-11(2)20-13)3-5-12-7-8-14(21-12)17(18)19/h3-9H,1-2H3/b5-3+,15-9+,16-10+. The number of allylic oxidation sites excluding steroid dienone is 1. The van der Waals surface area contributed by atoms with Crippen LogP contribution in [-0.2, 0) is 0 Å². The summed E-state index contributed by atoms with van der Waals surface area (Å²) >= 11 is 0. The van der Waals surface area contributed by atoms with E-state index in [1.165, 1.54) is 18.3 Å². The van der Waals surface area contributed by atoms with Crippen molar-refractivity contribution in [2.45, 2.75) is 13.8 Å². The monoisotopic (exact) mass is 287 g/mol. The van der Waals surface area contributed by atoms with Crippen molar-refractivity contribution < 1.29 is 13.8 Å². The van der Waals surface area contributed by atoms with E-state index in [2.05, 4.69) is 10.2 Å². The summed E-state index contributed by atoms with van der Waals surface area (Å²) in [5.74, 6) is 1.50. The normalized spacial score (nSPS) is 12.6. The Kier molecular flexibility index (Phi) is 4.45. The molecule has 0 fully saturated rings. The molecule has 0 aromatic carbocycles. The fourth-order valence-corrected chi connectivity index (χ4v) is 1.47. The van der Waals surface area contributed by atoms with Gasteiger partial charge in [-0.25, -0.2) is 0 Å². The van der Waals surface area contributed by atoms with Gasteiger partial charge in [0.25, 0.3) is 0 Å². The number of aryl methyl sites for hydroxylation is 1. The molecule has 0 aliphatic heterocycles. The molecule has 0 saturated heterocycles. The van der Waals surface area contributed by atoms with Gasteiger partial charge in [0.2, 0.25) is 0 Å². The van der Waals surface area contributed by atoms with Crippen LogP contribution in [0.4, 0.5) is 5.88 Å². The summed E-state index contributed by atoms with van der Waals surface area (Å²) < 4.78 is 10.3. The first-order valence-electron chi connectivity index (χ1n) is 6.11. The van der Waals surface area contributed by atoms with E-state index in [0.29, 0.717) is 17.2 Å². The van der Waals surface area contributed by atoms with Gasteiger partial charge < -0.3 is 8.83 Å². The summed E-state index contributed by atoms with van der Waals surface area (Å²) in [6.45, 7) is 3.59. The van der Waals surface area contributed by atoms with Gasteiger partial charge in [-0.2, -0.15) is 10.2 Å². The van der Waals surface area contributed by atoms with Crippen LogP contribution in [0.2, 0.25) is 0 Å². The largest absolute Gasteiger partial charge is 0.460 e. The van der Waals surface area contributed by atoms with Crippen molar-refractivity contribution in [2.75, 3.05) is 0 Å². The Morgan fingerprint density at radius 2 is 2.00 bits per heavy atom. The molecular formula is C14H13N3O4. The summed E-state index contributed by atoms with van der Waals surface area (Å²) in [4.78, 5) is 9.88. The molecule has 0 saturated carbocycles. The fourth-order valence-electron chi connectivity index (χ4n) is 1.47. The van der Waals surface area contributed by atoms with E-state index in [9.17, 15) is 10.1 Å². The number of furan rings is 2. The second-order valence-corrected chi connectivity index (χ2v) is 4.20. The van der Waals surface area contributed by atoms with Gasteiger partial charge in [0.05, 0.1) is 18.0 Å². The van der Waals surface area contributed by atoms with Crippen LogP contribution in [-0.4, -0.2) is 16.8 Å². The number of hydrogen-bond donors (Lipinski definition) is 0. The third kappa shape index (κ3) is 4.27. The first kappa shape index (κ1) is 14.4. The van der Waals surface area contributed by atoms with Gasteiger partial charge in [-0.1, -0.05) is 0 Å². The maximum atomic E-state index is 10.5. The smallest absolute Gasteiger partial charge is 0.433 e. The summed E-state index contributed by atoms with van der Waals surface area (Å²) in [5.41, 5.74) is 0.619. The maximum absolute atomic E-state index is 10.5. The maximum Gasteiger partial charge on any atom is 0.433 e. The molecule has 0 aliphatic carbocycles. The third-order valence-electron chi connectivity index (χ3n) is 2.44. The molecule has 0 atom stereocenters. The van der Waals surface area contributed by atoms with Crippen LogP contribution in [0.15, 0.2) is 49.4 Å². The Balaban J connectivity index is 1.97. The summed E-state index contributed by atoms with van der Waals surface area (Å²) in [5, 5.41) is 18.3. The zero-order chi connectivity index (χ0) is 15.2. The molecule has 2 aromatic rings. The number of nitro groups is 1. The lowest BCUT2D eigenvalue weighted by Gasteiger charge is -1.87. The lowest BCUT2D eigenvalue weighted by molar-refractivity contribution is -0.402. The molecule has 7 nitrogen and oxygen atoms in total. The number of nitrogens with zero attached hydrogens (tertiary/aromatic N) is 3. The molecule has 0 N–H and O–H groups in total. The first-order chi connectivity index (χ1) is 10.0.